The van der Waals surface area contributed by atoms with Gasteiger partial charge in [0.1, 0.15) is 11.5 Å². The molecule has 5 nitrogen and oxygen atoms in total. The predicted molar refractivity (Wildman–Crippen MR) is 74.3 cm³/mol. The largest absolute Gasteiger partial charge is 0.376 e. The molecule has 0 saturated carbocycles. The molecule has 0 bridgehead atoms. The van der Waals surface area contributed by atoms with E-state index in [0.29, 0.717) is 6.61 Å². The summed E-state index contributed by atoms with van der Waals surface area (Å²) >= 11 is 0. The van der Waals surface area contributed by atoms with Crippen LogP contribution in [0.25, 0.3) is 0 Å². The first-order valence-corrected chi connectivity index (χ1v) is 6.78. The van der Waals surface area contributed by atoms with Gasteiger partial charge in [-0.1, -0.05) is 6.92 Å². The first kappa shape index (κ1) is 14.7. The zero-order valence-electron chi connectivity index (χ0n) is 11.7. The molecule has 0 radical (unpaired) electrons. The number of nitro benzene ring substituents is 1. The van der Waals surface area contributed by atoms with Crippen molar-refractivity contribution < 1.29 is 14.1 Å². The zero-order valence-corrected chi connectivity index (χ0v) is 11.7. The number of nitrogens with zero attached hydrogens (tertiary/aromatic N) is 1. The molecular weight excluding hydrogens is 263 g/mol. The summed E-state index contributed by atoms with van der Waals surface area (Å²) in [5.74, 6) is -0.483. The van der Waals surface area contributed by atoms with Crippen LogP contribution in [0.3, 0.4) is 0 Å². The van der Waals surface area contributed by atoms with Gasteiger partial charge in [0.25, 0.3) is 5.69 Å². The third kappa shape index (κ3) is 3.25. The predicted octanol–water partition coefficient (Wildman–Crippen LogP) is 3.49. The van der Waals surface area contributed by atoms with Crippen molar-refractivity contribution in [1.29, 1.82) is 0 Å². The number of hydrogen-bond acceptors (Lipinski definition) is 4. The third-order valence-corrected chi connectivity index (χ3v) is 3.86. The van der Waals surface area contributed by atoms with Gasteiger partial charge in [0.2, 0.25) is 0 Å². The quantitative estimate of drug-likeness (QED) is 0.678. The molecule has 1 aromatic carbocycles. The summed E-state index contributed by atoms with van der Waals surface area (Å²) in [6, 6.07) is 3.52. The van der Waals surface area contributed by atoms with E-state index in [1.807, 2.05) is 13.8 Å². The number of hydrogen-bond donors (Lipinski definition) is 1. The Hall–Kier alpha value is -1.69. The molecular formula is C14H19FN2O3. The van der Waals surface area contributed by atoms with E-state index in [9.17, 15) is 14.5 Å². The van der Waals surface area contributed by atoms with E-state index in [2.05, 4.69) is 5.32 Å². The van der Waals surface area contributed by atoms with Crippen molar-refractivity contribution in [1.82, 2.24) is 0 Å². The molecule has 6 heteroatoms. The minimum atomic E-state index is -0.500. The molecule has 110 valence electrons. The molecule has 1 aliphatic heterocycles. The fourth-order valence-electron chi connectivity index (χ4n) is 2.50. The number of nitro groups is 1. The summed E-state index contributed by atoms with van der Waals surface area (Å²) < 4.78 is 19.0. The topological polar surface area (TPSA) is 64.4 Å². The Labute approximate surface area is 117 Å². The summed E-state index contributed by atoms with van der Waals surface area (Å²) in [6.07, 6.45) is 2.37. The lowest BCUT2D eigenvalue weighted by atomic mass is 9.90. The average Bonchev–Trinajstić information content (AvgIpc) is 2.38. The first-order chi connectivity index (χ1) is 9.43. The molecule has 1 N–H and O–H groups in total. The van der Waals surface area contributed by atoms with Crippen LogP contribution in [-0.4, -0.2) is 23.2 Å². The number of ether oxygens (including phenoxy) is 1. The second kappa shape index (κ2) is 5.75. The van der Waals surface area contributed by atoms with Crippen LogP contribution in [0.1, 0.15) is 33.1 Å². The fourth-order valence-corrected chi connectivity index (χ4v) is 2.50. The van der Waals surface area contributed by atoms with E-state index in [1.54, 1.807) is 0 Å². The Balaban J connectivity index is 2.17. The number of halogens is 1. The highest BCUT2D eigenvalue weighted by atomic mass is 19.1. The van der Waals surface area contributed by atoms with Crippen LogP contribution in [-0.2, 0) is 4.74 Å². The van der Waals surface area contributed by atoms with Crippen molar-refractivity contribution in [2.45, 2.75) is 44.8 Å². The van der Waals surface area contributed by atoms with Gasteiger partial charge in [-0.2, -0.15) is 0 Å². The standard InChI is InChI=1S/C14H19FN2O3/c1-3-14(2)9-11(6-7-20-14)16-12-8-10(15)4-5-13(12)17(18)19/h4-5,8,11,16H,3,6-7,9H2,1-2H3. The van der Waals surface area contributed by atoms with E-state index in [1.165, 1.54) is 12.1 Å². The fraction of sp³-hybridized carbons (Fsp3) is 0.571. The van der Waals surface area contributed by atoms with E-state index >= 15 is 0 Å². The molecule has 2 unspecified atom stereocenters. The van der Waals surface area contributed by atoms with Gasteiger partial charge in [-0.3, -0.25) is 10.1 Å². The maximum atomic E-state index is 13.3. The number of nitrogens with one attached hydrogen (secondary N) is 1. The highest BCUT2D eigenvalue weighted by molar-refractivity contribution is 5.61. The van der Waals surface area contributed by atoms with E-state index in [-0.39, 0.29) is 23.0 Å². The minimum absolute atomic E-state index is 0.0502. The van der Waals surface area contributed by atoms with Crippen molar-refractivity contribution >= 4 is 11.4 Å². The molecule has 2 atom stereocenters. The van der Waals surface area contributed by atoms with Crippen molar-refractivity contribution in [3.63, 3.8) is 0 Å². The van der Waals surface area contributed by atoms with Gasteiger partial charge < -0.3 is 10.1 Å². The molecule has 1 saturated heterocycles. The average molecular weight is 282 g/mol. The van der Waals surface area contributed by atoms with Crippen LogP contribution in [0, 0.1) is 15.9 Å². The van der Waals surface area contributed by atoms with E-state index in [4.69, 9.17) is 4.74 Å². The number of anilines is 1. The molecule has 1 fully saturated rings. The van der Waals surface area contributed by atoms with Crippen molar-refractivity contribution in [3.8, 4) is 0 Å². The SMILES string of the molecule is CCC1(C)CC(Nc2cc(F)ccc2[N+](=O)[O-])CCO1. The van der Waals surface area contributed by atoms with Gasteiger partial charge in [-0.25, -0.2) is 4.39 Å². The van der Waals surface area contributed by atoms with Gasteiger partial charge in [-0.15, -0.1) is 0 Å². The van der Waals surface area contributed by atoms with Gasteiger partial charge in [0, 0.05) is 24.8 Å². The Morgan fingerprint density at radius 3 is 3.00 bits per heavy atom. The van der Waals surface area contributed by atoms with Crippen LogP contribution in [0.15, 0.2) is 18.2 Å². The molecule has 0 spiro atoms. The Bertz CT molecular complexity index is 509. The second-order valence-corrected chi connectivity index (χ2v) is 5.40. The summed E-state index contributed by atoms with van der Waals surface area (Å²) in [5.41, 5.74) is -0.0886. The summed E-state index contributed by atoms with van der Waals surface area (Å²) in [4.78, 5) is 10.5. The van der Waals surface area contributed by atoms with Gasteiger partial charge in [0.15, 0.2) is 0 Å². The lowest BCUT2D eigenvalue weighted by Crippen LogP contribution is -2.41. The smallest absolute Gasteiger partial charge is 0.292 e. The highest BCUT2D eigenvalue weighted by Gasteiger charge is 2.32. The van der Waals surface area contributed by atoms with Crippen molar-refractivity contribution in [2.75, 3.05) is 11.9 Å². The van der Waals surface area contributed by atoms with Crippen LogP contribution < -0.4 is 5.32 Å². The van der Waals surface area contributed by atoms with Crippen molar-refractivity contribution in [2.24, 2.45) is 0 Å². The van der Waals surface area contributed by atoms with Crippen LogP contribution in [0.5, 0.6) is 0 Å². The lowest BCUT2D eigenvalue weighted by molar-refractivity contribution is -0.384. The Kier molecular flexibility index (Phi) is 4.23. The van der Waals surface area contributed by atoms with E-state index < -0.39 is 10.7 Å². The molecule has 0 aromatic heterocycles. The maximum absolute atomic E-state index is 13.3. The van der Waals surface area contributed by atoms with Crippen LogP contribution >= 0.6 is 0 Å². The molecule has 0 amide bonds. The summed E-state index contributed by atoms with van der Waals surface area (Å²) in [7, 11) is 0. The minimum Gasteiger partial charge on any atom is -0.376 e. The Morgan fingerprint density at radius 1 is 1.60 bits per heavy atom. The molecule has 1 aromatic rings. The molecule has 2 rings (SSSR count). The van der Waals surface area contributed by atoms with Crippen LogP contribution in [0.2, 0.25) is 0 Å². The lowest BCUT2D eigenvalue weighted by Gasteiger charge is -2.38. The van der Waals surface area contributed by atoms with Gasteiger partial charge in [-0.05, 0) is 32.3 Å². The molecule has 20 heavy (non-hydrogen) atoms. The second-order valence-electron chi connectivity index (χ2n) is 5.40. The van der Waals surface area contributed by atoms with Crippen molar-refractivity contribution in [3.05, 3.63) is 34.1 Å². The van der Waals surface area contributed by atoms with Gasteiger partial charge >= 0.3 is 0 Å². The summed E-state index contributed by atoms with van der Waals surface area (Å²) in [5, 5.41) is 14.1. The maximum Gasteiger partial charge on any atom is 0.292 e. The normalized spacial score (nSPS) is 26.2. The molecule has 1 aliphatic rings. The Morgan fingerprint density at radius 2 is 2.35 bits per heavy atom. The highest BCUT2D eigenvalue weighted by Crippen LogP contribution is 2.32. The number of rotatable bonds is 4. The number of benzene rings is 1. The molecule has 1 heterocycles. The molecule has 0 aliphatic carbocycles. The van der Waals surface area contributed by atoms with Crippen LogP contribution in [0.4, 0.5) is 15.8 Å². The first-order valence-electron chi connectivity index (χ1n) is 6.78. The monoisotopic (exact) mass is 282 g/mol. The van der Waals surface area contributed by atoms with E-state index in [0.717, 1.165) is 25.3 Å². The third-order valence-electron chi connectivity index (χ3n) is 3.86. The summed E-state index contributed by atoms with van der Waals surface area (Å²) in [6.45, 7) is 4.68. The van der Waals surface area contributed by atoms with Gasteiger partial charge in [0.05, 0.1) is 10.5 Å². The zero-order chi connectivity index (χ0) is 14.8.